The zero-order valence-electron chi connectivity index (χ0n) is 20.0. The summed E-state index contributed by atoms with van der Waals surface area (Å²) in [6.07, 6.45) is 0. The van der Waals surface area contributed by atoms with Gasteiger partial charge in [-0.05, 0) is 54.1 Å². The van der Waals surface area contributed by atoms with E-state index >= 15 is 0 Å². The topological polar surface area (TPSA) is 91.9 Å². The third-order valence-corrected chi connectivity index (χ3v) is 6.78. The number of furan rings is 1. The third kappa shape index (κ3) is 5.66. The molecule has 1 fully saturated rings. The van der Waals surface area contributed by atoms with Gasteiger partial charge in [-0.15, -0.1) is 0 Å². The molecule has 1 aliphatic rings. The van der Waals surface area contributed by atoms with E-state index in [1.165, 1.54) is 12.1 Å². The number of para-hydroxylation sites is 1. The number of nitrogens with one attached hydrogen (secondary N) is 1. The van der Waals surface area contributed by atoms with Crippen LogP contribution in [0.5, 0.6) is 0 Å². The number of carbonyl (C=O) groups is 1. The predicted molar refractivity (Wildman–Crippen MR) is 144 cm³/mol. The Kier molecular flexibility index (Phi) is 7.20. The first-order valence-electron chi connectivity index (χ1n) is 11.9. The number of halogens is 1. The average molecular weight is 517 g/mol. The molecule has 1 N–H and O–H groups in total. The number of amides is 1. The highest BCUT2D eigenvalue weighted by atomic mass is 35.5. The lowest BCUT2D eigenvalue weighted by molar-refractivity contribution is -0.384. The second-order valence-electron chi connectivity index (χ2n) is 8.79. The lowest BCUT2D eigenvalue weighted by Gasteiger charge is -2.36. The second kappa shape index (κ2) is 10.9. The van der Waals surface area contributed by atoms with Crippen LogP contribution in [-0.2, 0) is 6.54 Å². The Balaban J connectivity index is 1.17. The molecule has 8 nitrogen and oxygen atoms in total. The third-order valence-electron chi connectivity index (χ3n) is 6.41. The first kappa shape index (κ1) is 24.5. The first-order chi connectivity index (χ1) is 18.0. The van der Waals surface area contributed by atoms with Crippen molar-refractivity contribution >= 4 is 34.6 Å². The van der Waals surface area contributed by atoms with Gasteiger partial charge in [-0.1, -0.05) is 41.9 Å². The lowest BCUT2D eigenvalue weighted by Crippen LogP contribution is -2.46. The molecule has 9 heteroatoms. The van der Waals surface area contributed by atoms with Crippen LogP contribution in [0.15, 0.2) is 89.3 Å². The van der Waals surface area contributed by atoms with Gasteiger partial charge in [0.2, 0.25) is 0 Å². The zero-order chi connectivity index (χ0) is 25.8. The van der Waals surface area contributed by atoms with Crippen LogP contribution in [-0.4, -0.2) is 41.9 Å². The Labute approximate surface area is 219 Å². The maximum atomic E-state index is 12.7. The summed E-state index contributed by atoms with van der Waals surface area (Å²) in [6.45, 7) is 4.51. The highest BCUT2D eigenvalue weighted by Gasteiger charge is 2.20. The van der Waals surface area contributed by atoms with Crippen molar-refractivity contribution in [2.75, 3.05) is 36.4 Å². The fourth-order valence-corrected chi connectivity index (χ4v) is 4.62. The monoisotopic (exact) mass is 516 g/mol. The Hall–Kier alpha value is -4.14. The van der Waals surface area contributed by atoms with Crippen molar-refractivity contribution in [2.45, 2.75) is 6.54 Å². The van der Waals surface area contributed by atoms with Crippen molar-refractivity contribution in [3.05, 3.63) is 111 Å². The zero-order valence-corrected chi connectivity index (χ0v) is 20.7. The minimum Gasteiger partial charge on any atom is -0.451 e. The quantitative estimate of drug-likeness (QED) is 0.236. The summed E-state index contributed by atoms with van der Waals surface area (Å²) >= 11 is 6.31. The number of hydrogen-bond donors (Lipinski definition) is 1. The number of piperazine rings is 1. The van der Waals surface area contributed by atoms with E-state index in [-0.39, 0.29) is 17.2 Å². The van der Waals surface area contributed by atoms with Crippen LogP contribution in [0.2, 0.25) is 5.02 Å². The number of carbonyl (C=O) groups excluding carboxylic acids is 1. The van der Waals surface area contributed by atoms with E-state index < -0.39 is 10.8 Å². The summed E-state index contributed by atoms with van der Waals surface area (Å²) in [7, 11) is 0. The van der Waals surface area contributed by atoms with Gasteiger partial charge in [0.25, 0.3) is 11.6 Å². The summed E-state index contributed by atoms with van der Waals surface area (Å²) in [5, 5.41) is 14.9. The molecule has 0 unspecified atom stereocenters. The minimum atomic E-state index is -0.474. The number of rotatable bonds is 7. The smallest absolute Gasteiger partial charge is 0.291 e. The van der Waals surface area contributed by atoms with Crippen molar-refractivity contribution < 1.29 is 14.1 Å². The van der Waals surface area contributed by atoms with Gasteiger partial charge in [-0.2, -0.15) is 0 Å². The summed E-state index contributed by atoms with van der Waals surface area (Å²) < 4.78 is 5.64. The summed E-state index contributed by atoms with van der Waals surface area (Å²) in [5.74, 6) is -0.0842. The van der Waals surface area contributed by atoms with Crippen LogP contribution in [0.4, 0.5) is 17.1 Å². The molecule has 0 bridgehead atoms. The average Bonchev–Trinajstić information content (AvgIpc) is 3.41. The molecule has 37 heavy (non-hydrogen) atoms. The van der Waals surface area contributed by atoms with Gasteiger partial charge in [-0.3, -0.25) is 19.8 Å². The Bertz CT molecular complexity index is 1410. The molecule has 4 aromatic rings. The number of nitro benzene ring substituents is 1. The van der Waals surface area contributed by atoms with Gasteiger partial charge in [-0.25, -0.2) is 0 Å². The number of nitro groups is 1. The Morgan fingerprint density at radius 3 is 2.35 bits per heavy atom. The number of anilines is 2. The van der Waals surface area contributed by atoms with Gasteiger partial charge in [0.15, 0.2) is 5.76 Å². The molecule has 0 saturated carbocycles. The SMILES string of the molecule is O=C(Nc1ccc(N2CCN(Cc3ccccc3Cl)CC2)cc1)c1ccc(-c2ccccc2[N+](=O)[O-])o1. The van der Waals surface area contributed by atoms with E-state index in [4.69, 9.17) is 16.0 Å². The van der Waals surface area contributed by atoms with Crippen LogP contribution in [0.3, 0.4) is 0 Å². The first-order valence-corrected chi connectivity index (χ1v) is 12.3. The maximum absolute atomic E-state index is 12.7. The van der Waals surface area contributed by atoms with Crippen molar-refractivity contribution in [3.8, 4) is 11.3 Å². The van der Waals surface area contributed by atoms with Crippen molar-refractivity contribution in [2.24, 2.45) is 0 Å². The van der Waals surface area contributed by atoms with Gasteiger partial charge in [0.05, 0.1) is 10.5 Å². The van der Waals surface area contributed by atoms with Crippen LogP contribution in [0.25, 0.3) is 11.3 Å². The molecule has 3 aromatic carbocycles. The lowest BCUT2D eigenvalue weighted by atomic mass is 10.1. The molecular weight excluding hydrogens is 492 g/mol. The van der Waals surface area contributed by atoms with Crippen LogP contribution < -0.4 is 10.2 Å². The van der Waals surface area contributed by atoms with Crippen molar-refractivity contribution in [1.82, 2.24) is 4.90 Å². The molecule has 1 aromatic heterocycles. The van der Waals surface area contributed by atoms with Gasteiger partial charge in [0, 0.05) is 55.2 Å². The predicted octanol–water partition coefficient (Wildman–Crippen LogP) is 6.08. The van der Waals surface area contributed by atoms with Crippen molar-refractivity contribution in [1.29, 1.82) is 0 Å². The molecule has 5 rings (SSSR count). The Morgan fingerprint density at radius 1 is 0.919 bits per heavy atom. The molecule has 1 aliphatic heterocycles. The molecule has 2 heterocycles. The van der Waals surface area contributed by atoms with Gasteiger partial charge < -0.3 is 14.6 Å². The van der Waals surface area contributed by atoms with E-state index in [0.29, 0.717) is 11.3 Å². The minimum absolute atomic E-state index is 0.0758. The van der Waals surface area contributed by atoms with Crippen LogP contribution in [0, 0.1) is 10.1 Å². The largest absolute Gasteiger partial charge is 0.451 e. The summed E-state index contributed by atoms with van der Waals surface area (Å²) in [6, 6.07) is 25.0. The molecular formula is C28H25ClN4O4. The fourth-order valence-electron chi connectivity index (χ4n) is 4.43. The van der Waals surface area contributed by atoms with E-state index in [2.05, 4.69) is 21.2 Å². The van der Waals surface area contributed by atoms with E-state index in [9.17, 15) is 14.9 Å². The highest BCUT2D eigenvalue weighted by Crippen LogP contribution is 2.31. The molecule has 0 atom stereocenters. The highest BCUT2D eigenvalue weighted by molar-refractivity contribution is 6.31. The number of nitrogens with zero attached hydrogens (tertiary/aromatic N) is 3. The molecule has 0 radical (unpaired) electrons. The standard InChI is InChI=1S/C28H25ClN4O4/c29-24-7-3-1-5-20(24)19-31-15-17-32(18-16-31)22-11-9-21(10-12-22)30-28(34)27-14-13-26(37-27)23-6-2-4-8-25(23)33(35)36/h1-14H,15-19H2,(H,30,34). The van der Waals surface area contributed by atoms with Crippen LogP contribution in [0.1, 0.15) is 16.1 Å². The maximum Gasteiger partial charge on any atom is 0.291 e. The molecule has 188 valence electrons. The summed E-state index contributed by atoms with van der Waals surface area (Å²) in [4.78, 5) is 28.2. The molecule has 1 saturated heterocycles. The Morgan fingerprint density at radius 2 is 1.62 bits per heavy atom. The fraction of sp³-hybridized carbons (Fsp3) is 0.179. The molecule has 1 amide bonds. The number of benzene rings is 3. The molecule has 0 spiro atoms. The molecule has 0 aliphatic carbocycles. The number of hydrogen-bond acceptors (Lipinski definition) is 6. The normalized spacial score (nSPS) is 13.9. The van der Waals surface area contributed by atoms with Gasteiger partial charge in [0.1, 0.15) is 5.76 Å². The summed E-state index contributed by atoms with van der Waals surface area (Å²) in [5.41, 5.74) is 3.11. The van der Waals surface area contributed by atoms with Crippen LogP contribution >= 0.6 is 11.6 Å². The van der Waals surface area contributed by atoms with E-state index in [1.54, 1.807) is 24.3 Å². The van der Waals surface area contributed by atoms with Crippen molar-refractivity contribution in [3.63, 3.8) is 0 Å². The van der Waals surface area contributed by atoms with Gasteiger partial charge >= 0.3 is 0 Å². The van der Waals surface area contributed by atoms with E-state index in [1.807, 2.05) is 42.5 Å². The van der Waals surface area contributed by atoms with E-state index in [0.717, 1.165) is 49.0 Å². The second-order valence-corrected chi connectivity index (χ2v) is 9.20.